The Morgan fingerprint density at radius 1 is 0.812 bits per heavy atom. The molecule has 3 aromatic carbocycles. The summed E-state index contributed by atoms with van der Waals surface area (Å²) in [6.45, 7) is 1.98. The van der Waals surface area contributed by atoms with Crippen LogP contribution in [0.25, 0.3) is 0 Å². The van der Waals surface area contributed by atoms with Crippen molar-refractivity contribution >= 4 is 17.5 Å². The van der Waals surface area contributed by atoms with E-state index < -0.39 is 40.8 Å². The minimum Gasteiger partial charge on any atom is -0.274 e. The molecule has 0 N–H and O–H groups in total. The molecule has 0 aromatic heterocycles. The molecule has 1 fully saturated rings. The summed E-state index contributed by atoms with van der Waals surface area (Å²) in [5.74, 6) is -2.48. The molecule has 32 heavy (non-hydrogen) atoms. The fourth-order valence-electron chi connectivity index (χ4n) is 6.23. The molecule has 1 saturated heterocycles. The van der Waals surface area contributed by atoms with Gasteiger partial charge in [-0.1, -0.05) is 61.5 Å². The first-order valence-corrected chi connectivity index (χ1v) is 10.5. The van der Waals surface area contributed by atoms with Crippen molar-refractivity contribution in [3.05, 3.63) is 101 Å². The molecule has 1 aliphatic heterocycles. The van der Waals surface area contributed by atoms with Gasteiger partial charge in [-0.15, -0.1) is 0 Å². The van der Waals surface area contributed by atoms with Gasteiger partial charge in [0.1, 0.15) is 0 Å². The average Bonchev–Trinajstić information content (AvgIpc) is 3.05. The maximum Gasteiger partial charge on any atom is 0.416 e. The lowest BCUT2D eigenvalue weighted by Crippen LogP contribution is -2.51. The number of alkyl halides is 3. The average molecular weight is 433 g/mol. The summed E-state index contributed by atoms with van der Waals surface area (Å²) in [5.41, 5.74) is 2.40. The van der Waals surface area contributed by atoms with Gasteiger partial charge in [-0.25, -0.2) is 4.90 Å². The first kappa shape index (κ1) is 19.3. The SMILES string of the molecule is CC12c3ccccc3C(c3ccccc31)[C@@H]1C(=O)N(c3cccc(C(F)(F)F)c3)C(=O)[C@@H]12. The van der Waals surface area contributed by atoms with E-state index in [-0.39, 0.29) is 11.6 Å². The van der Waals surface area contributed by atoms with Crippen LogP contribution in [0.5, 0.6) is 0 Å². The number of hydrogen-bond acceptors (Lipinski definition) is 2. The van der Waals surface area contributed by atoms with E-state index in [1.807, 2.05) is 55.5 Å². The van der Waals surface area contributed by atoms with Gasteiger partial charge >= 0.3 is 6.18 Å². The van der Waals surface area contributed by atoms with E-state index in [0.29, 0.717) is 0 Å². The monoisotopic (exact) mass is 433 g/mol. The van der Waals surface area contributed by atoms with Crippen LogP contribution in [-0.2, 0) is 21.2 Å². The summed E-state index contributed by atoms with van der Waals surface area (Å²) in [5, 5.41) is 0. The highest BCUT2D eigenvalue weighted by atomic mass is 19.4. The first-order valence-electron chi connectivity index (χ1n) is 10.5. The number of anilines is 1. The first-order chi connectivity index (χ1) is 15.2. The zero-order valence-electron chi connectivity index (χ0n) is 17.1. The number of benzene rings is 3. The number of carbonyl (C=O) groups excluding carboxylic acids is 2. The molecule has 2 amide bonds. The van der Waals surface area contributed by atoms with Crippen LogP contribution in [0.4, 0.5) is 18.9 Å². The van der Waals surface area contributed by atoms with Gasteiger partial charge in [-0.2, -0.15) is 13.2 Å². The van der Waals surface area contributed by atoms with Crippen LogP contribution in [0.1, 0.15) is 40.7 Å². The number of nitrogens with zero attached hydrogens (tertiary/aromatic N) is 1. The summed E-state index contributed by atoms with van der Waals surface area (Å²) in [6.07, 6.45) is -4.56. The third-order valence-electron chi connectivity index (χ3n) is 7.47. The molecular weight excluding hydrogens is 415 g/mol. The molecule has 3 aliphatic carbocycles. The summed E-state index contributed by atoms with van der Waals surface area (Å²) in [7, 11) is 0. The predicted molar refractivity (Wildman–Crippen MR) is 112 cm³/mol. The second kappa shape index (κ2) is 6.09. The van der Waals surface area contributed by atoms with Crippen LogP contribution in [-0.4, -0.2) is 11.8 Å². The Kier molecular flexibility index (Phi) is 3.67. The Morgan fingerprint density at radius 2 is 1.41 bits per heavy atom. The van der Waals surface area contributed by atoms with E-state index >= 15 is 0 Å². The Labute approximate surface area is 182 Å². The number of amides is 2. The largest absolute Gasteiger partial charge is 0.416 e. The molecule has 160 valence electrons. The standard InChI is InChI=1S/C26H18F3NO2/c1-25-18-11-4-2-9-16(18)20(17-10-3-5-12-19(17)25)21-22(25)24(32)30(23(21)31)15-8-6-7-14(13-15)26(27,28)29/h2-13,20-22H,1H3/t20?,21-,22+,25?/m0/s1. The highest BCUT2D eigenvalue weighted by molar-refractivity contribution is 6.23. The highest BCUT2D eigenvalue weighted by Gasteiger charge is 2.66. The number of hydrogen-bond donors (Lipinski definition) is 0. The third kappa shape index (κ3) is 2.22. The van der Waals surface area contributed by atoms with Crippen molar-refractivity contribution in [2.24, 2.45) is 11.8 Å². The lowest BCUT2D eigenvalue weighted by molar-refractivity contribution is -0.137. The molecule has 4 aliphatic rings. The Morgan fingerprint density at radius 3 is 2.00 bits per heavy atom. The maximum absolute atomic E-state index is 13.8. The maximum atomic E-state index is 13.8. The highest BCUT2D eigenvalue weighted by Crippen LogP contribution is 2.64. The quantitative estimate of drug-likeness (QED) is 0.490. The van der Waals surface area contributed by atoms with Gasteiger partial charge < -0.3 is 0 Å². The van der Waals surface area contributed by atoms with Gasteiger partial charge in [0.05, 0.1) is 23.1 Å². The molecule has 1 heterocycles. The van der Waals surface area contributed by atoms with Gasteiger partial charge in [-0.3, -0.25) is 9.59 Å². The second-order valence-corrected chi connectivity index (χ2v) is 8.92. The van der Waals surface area contributed by atoms with E-state index in [1.54, 1.807) is 0 Å². The Hall–Kier alpha value is -3.41. The van der Waals surface area contributed by atoms with Gasteiger partial charge in [0.15, 0.2) is 0 Å². The molecular formula is C26H18F3NO2. The Balaban J connectivity index is 1.56. The molecule has 6 heteroatoms. The van der Waals surface area contributed by atoms with Crippen molar-refractivity contribution in [3.8, 4) is 0 Å². The molecule has 2 atom stereocenters. The fraction of sp³-hybridized carbons (Fsp3) is 0.231. The fourth-order valence-corrected chi connectivity index (χ4v) is 6.23. The lowest BCUT2D eigenvalue weighted by Gasteiger charge is -2.52. The second-order valence-electron chi connectivity index (χ2n) is 8.92. The smallest absolute Gasteiger partial charge is 0.274 e. The molecule has 0 unspecified atom stereocenters. The van der Waals surface area contributed by atoms with Crippen molar-refractivity contribution in [2.45, 2.75) is 24.4 Å². The van der Waals surface area contributed by atoms with Crippen LogP contribution in [0.15, 0.2) is 72.8 Å². The molecule has 0 spiro atoms. The number of carbonyl (C=O) groups is 2. The van der Waals surface area contributed by atoms with Crippen molar-refractivity contribution < 1.29 is 22.8 Å². The van der Waals surface area contributed by atoms with Crippen LogP contribution >= 0.6 is 0 Å². The normalized spacial score (nSPS) is 27.9. The van der Waals surface area contributed by atoms with E-state index in [0.717, 1.165) is 39.3 Å². The summed E-state index contributed by atoms with van der Waals surface area (Å²) >= 11 is 0. The zero-order valence-corrected chi connectivity index (χ0v) is 17.1. The summed E-state index contributed by atoms with van der Waals surface area (Å²) in [6, 6.07) is 20.1. The minimum atomic E-state index is -4.56. The molecule has 7 rings (SSSR count). The van der Waals surface area contributed by atoms with E-state index in [4.69, 9.17) is 0 Å². The van der Waals surface area contributed by atoms with E-state index in [1.165, 1.54) is 12.1 Å². The lowest BCUT2D eigenvalue weighted by atomic mass is 9.48. The van der Waals surface area contributed by atoms with Crippen LogP contribution in [0.2, 0.25) is 0 Å². The molecule has 0 radical (unpaired) electrons. The summed E-state index contributed by atoms with van der Waals surface area (Å²) in [4.78, 5) is 28.4. The van der Waals surface area contributed by atoms with Crippen LogP contribution in [0.3, 0.4) is 0 Å². The third-order valence-corrected chi connectivity index (χ3v) is 7.47. The van der Waals surface area contributed by atoms with Gasteiger partial charge in [0, 0.05) is 11.3 Å². The molecule has 2 bridgehead atoms. The van der Waals surface area contributed by atoms with Gasteiger partial charge in [0.25, 0.3) is 0 Å². The van der Waals surface area contributed by atoms with Gasteiger partial charge in [0.2, 0.25) is 11.8 Å². The van der Waals surface area contributed by atoms with Crippen molar-refractivity contribution in [2.75, 3.05) is 4.90 Å². The molecule has 3 nitrogen and oxygen atoms in total. The van der Waals surface area contributed by atoms with Crippen LogP contribution in [0, 0.1) is 11.8 Å². The topological polar surface area (TPSA) is 37.4 Å². The minimum absolute atomic E-state index is 0.0275. The number of halogens is 3. The Bertz CT molecular complexity index is 1260. The molecule has 3 aromatic rings. The van der Waals surface area contributed by atoms with E-state index in [2.05, 4.69) is 0 Å². The van der Waals surface area contributed by atoms with E-state index in [9.17, 15) is 22.8 Å². The van der Waals surface area contributed by atoms with Crippen molar-refractivity contribution in [1.82, 2.24) is 0 Å². The van der Waals surface area contributed by atoms with Gasteiger partial charge in [-0.05, 0) is 40.5 Å². The zero-order chi connectivity index (χ0) is 22.4. The molecule has 0 saturated carbocycles. The number of imide groups is 1. The van der Waals surface area contributed by atoms with Crippen molar-refractivity contribution in [3.63, 3.8) is 0 Å². The predicted octanol–water partition coefficient (Wildman–Crippen LogP) is 5.28. The summed E-state index contributed by atoms with van der Waals surface area (Å²) < 4.78 is 39.9. The number of rotatable bonds is 1. The van der Waals surface area contributed by atoms with Crippen LogP contribution < -0.4 is 4.90 Å². The van der Waals surface area contributed by atoms with Crippen molar-refractivity contribution in [1.29, 1.82) is 0 Å².